The highest BCUT2D eigenvalue weighted by Crippen LogP contribution is 2.32. The molecule has 7 heteroatoms. The normalized spacial score (nSPS) is 11.4. The third-order valence-electron chi connectivity index (χ3n) is 4.07. The Hall–Kier alpha value is -3.09. The van der Waals surface area contributed by atoms with Gasteiger partial charge in [-0.3, -0.25) is 4.79 Å². The van der Waals surface area contributed by atoms with Gasteiger partial charge in [0.25, 0.3) is 15.9 Å². The fraction of sp³-hybridized carbons (Fsp3) is 0.0455. The van der Waals surface area contributed by atoms with Gasteiger partial charge < -0.3 is 4.74 Å². The molecule has 3 aromatic carbocycles. The van der Waals surface area contributed by atoms with Gasteiger partial charge in [0.05, 0.1) is 22.7 Å². The lowest BCUT2D eigenvalue weighted by atomic mass is 10.2. The number of sulfonamides is 1. The van der Waals surface area contributed by atoms with Crippen LogP contribution in [0.25, 0.3) is 6.08 Å². The Kier molecular flexibility index (Phi) is 6.36. The van der Waals surface area contributed by atoms with E-state index in [-0.39, 0.29) is 15.6 Å². The van der Waals surface area contributed by atoms with Crippen LogP contribution in [0.15, 0.2) is 89.8 Å². The van der Waals surface area contributed by atoms with Gasteiger partial charge in [-0.2, -0.15) is 4.31 Å². The number of methoxy groups -OCH3 is 1. The summed E-state index contributed by atoms with van der Waals surface area (Å²) in [5, 5.41) is 0.193. The molecule has 0 N–H and O–H groups in total. The minimum atomic E-state index is -4.16. The van der Waals surface area contributed by atoms with Gasteiger partial charge in [0, 0.05) is 6.08 Å². The number of anilines is 1. The average Bonchev–Trinajstić information content (AvgIpc) is 2.74. The maximum atomic E-state index is 13.2. The van der Waals surface area contributed by atoms with Crippen LogP contribution >= 0.6 is 11.6 Å². The molecule has 0 radical (unpaired) electrons. The number of benzene rings is 3. The molecule has 1 amide bonds. The molecule has 5 nitrogen and oxygen atoms in total. The molecule has 148 valence electrons. The molecule has 0 spiro atoms. The maximum absolute atomic E-state index is 13.2. The van der Waals surface area contributed by atoms with Crippen molar-refractivity contribution in [2.45, 2.75) is 4.90 Å². The summed E-state index contributed by atoms with van der Waals surface area (Å²) in [4.78, 5) is 13.0. The number of nitrogens with zero attached hydrogens (tertiary/aromatic N) is 1. The van der Waals surface area contributed by atoms with Crippen LogP contribution in [-0.2, 0) is 14.8 Å². The minimum absolute atomic E-state index is 0.00611. The fourth-order valence-electron chi connectivity index (χ4n) is 2.66. The molecule has 0 aliphatic rings. The zero-order chi connectivity index (χ0) is 20.9. The van der Waals surface area contributed by atoms with Crippen LogP contribution in [0.4, 0.5) is 5.69 Å². The van der Waals surface area contributed by atoms with Crippen LogP contribution in [0, 0.1) is 0 Å². The van der Waals surface area contributed by atoms with Crippen molar-refractivity contribution < 1.29 is 17.9 Å². The number of carbonyl (C=O) groups excluding carboxylic acids is 1. The van der Waals surface area contributed by atoms with Gasteiger partial charge in [0.15, 0.2) is 0 Å². The van der Waals surface area contributed by atoms with Crippen molar-refractivity contribution in [3.63, 3.8) is 0 Å². The van der Waals surface area contributed by atoms with E-state index >= 15 is 0 Å². The number of hydrogen-bond acceptors (Lipinski definition) is 4. The predicted octanol–water partition coefficient (Wildman–Crippen LogP) is 4.78. The summed E-state index contributed by atoms with van der Waals surface area (Å²) in [5.41, 5.74) is 0.882. The van der Waals surface area contributed by atoms with Gasteiger partial charge in [-0.05, 0) is 42.0 Å². The topological polar surface area (TPSA) is 63.7 Å². The molecule has 0 saturated heterocycles. The summed E-state index contributed by atoms with van der Waals surface area (Å²) in [6, 6.07) is 21.2. The van der Waals surface area contributed by atoms with Gasteiger partial charge in [-0.15, -0.1) is 0 Å². The highest BCUT2D eigenvalue weighted by molar-refractivity contribution is 7.93. The second-order valence-electron chi connectivity index (χ2n) is 5.98. The standard InChI is InChI=1S/C22H18ClNO4S/c1-28-21-14-13-18(16-20(21)23)24(29(26,27)19-10-6-3-7-11-19)22(25)15-12-17-8-4-2-5-9-17/h2-16H,1H3/b15-12+. The van der Waals surface area contributed by atoms with Crippen LogP contribution in [0.1, 0.15) is 5.56 Å². The first-order chi connectivity index (χ1) is 13.9. The summed E-state index contributed by atoms with van der Waals surface area (Å²) >= 11 is 6.17. The molecule has 0 fully saturated rings. The van der Waals surface area contributed by atoms with Gasteiger partial charge >= 0.3 is 0 Å². The molecule has 3 rings (SSSR count). The molecule has 0 bridgehead atoms. The van der Waals surface area contributed by atoms with E-state index in [0.29, 0.717) is 5.75 Å². The Bertz CT molecular complexity index is 1130. The van der Waals surface area contributed by atoms with Gasteiger partial charge in [0.1, 0.15) is 5.75 Å². The highest BCUT2D eigenvalue weighted by atomic mass is 35.5. The van der Waals surface area contributed by atoms with Crippen molar-refractivity contribution in [3.05, 3.63) is 95.5 Å². The number of rotatable bonds is 6. The molecule has 0 aliphatic heterocycles. The van der Waals surface area contributed by atoms with Gasteiger partial charge in [-0.1, -0.05) is 60.1 Å². The summed E-state index contributed by atoms with van der Waals surface area (Å²) in [5.74, 6) is -0.348. The number of ether oxygens (including phenoxy) is 1. The third-order valence-corrected chi connectivity index (χ3v) is 6.10. The van der Waals surface area contributed by atoms with Crippen LogP contribution in [-0.4, -0.2) is 21.4 Å². The Morgan fingerprint density at radius 2 is 1.59 bits per heavy atom. The first-order valence-electron chi connectivity index (χ1n) is 8.64. The molecule has 0 aromatic heterocycles. The number of amides is 1. The Balaban J connectivity index is 2.08. The molecule has 0 heterocycles. The minimum Gasteiger partial charge on any atom is -0.495 e. The lowest BCUT2D eigenvalue weighted by molar-refractivity contribution is -0.113. The first-order valence-corrected chi connectivity index (χ1v) is 10.5. The molecule has 0 aliphatic carbocycles. The zero-order valence-corrected chi connectivity index (χ0v) is 17.1. The molecular weight excluding hydrogens is 410 g/mol. The molecular formula is C22H18ClNO4S. The molecule has 0 unspecified atom stereocenters. The zero-order valence-electron chi connectivity index (χ0n) is 15.5. The van der Waals surface area contributed by atoms with Crippen LogP contribution in [0.5, 0.6) is 5.75 Å². The van der Waals surface area contributed by atoms with Crippen molar-refractivity contribution in [2.24, 2.45) is 0 Å². The summed E-state index contributed by atoms with van der Waals surface area (Å²) in [6.45, 7) is 0. The Morgan fingerprint density at radius 3 is 2.17 bits per heavy atom. The van der Waals surface area contributed by atoms with Crippen molar-refractivity contribution in [2.75, 3.05) is 11.4 Å². The lowest BCUT2D eigenvalue weighted by Crippen LogP contribution is -2.35. The summed E-state index contributed by atoms with van der Waals surface area (Å²) < 4.78 is 32.3. The van der Waals surface area contributed by atoms with E-state index in [0.717, 1.165) is 9.87 Å². The SMILES string of the molecule is COc1ccc(N(C(=O)/C=C/c2ccccc2)S(=O)(=O)c2ccccc2)cc1Cl. The summed E-state index contributed by atoms with van der Waals surface area (Å²) in [7, 11) is -2.71. The van der Waals surface area contributed by atoms with Crippen LogP contribution < -0.4 is 9.04 Å². The predicted molar refractivity (Wildman–Crippen MR) is 115 cm³/mol. The van der Waals surface area contributed by atoms with Gasteiger partial charge in [0.2, 0.25) is 0 Å². The first kappa shape index (κ1) is 20.6. The highest BCUT2D eigenvalue weighted by Gasteiger charge is 2.30. The van der Waals surface area contributed by atoms with E-state index < -0.39 is 15.9 Å². The number of hydrogen-bond donors (Lipinski definition) is 0. The van der Waals surface area contributed by atoms with E-state index in [4.69, 9.17) is 16.3 Å². The van der Waals surface area contributed by atoms with E-state index in [2.05, 4.69) is 0 Å². The van der Waals surface area contributed by atoms with Crippen molar-refractivity contribution in [1.29, 1.82) is 0 Å². The van der Waals surface area contributed by atoms with Crippen LogP contribution in [0.2, 0.25) is 5.02 Å². The summed E-state index contributed by atoms with van der Waals surface area (Å²) in [6.07, 6.45) is 2.77. The van der Waals surface area contributed by atoms with Gasteiger partial charge in [-0.25, -0.2) is 8.42 Å². The van der Waals surface area contributed by atoms with E-state index in [1.807, 2.05) is 30.3 Å². The second-order valence-corrected chi connectivity index (χ2v) is 8.18. The van der Waals surface area contributed by atoms with E-state index in [1.165, 1.54) is 43.5 Å². The quantitative estimate of drug-likeness (QED) is 0.531. The van der Waals surface area contributed by atoms with Crippen LogP contribution in [0.3, 0.4) is 0 Å². The van der Waals surface area contributed by atoms with E-state index in [9.17, 15) is 13.2 Å². The lowest BCUT2D eigenvalue weighted by Gasteiger charge is -2.22. The monoisotopic (exact) mass is 427 g/mol. The largest absolute Gasteiger partial charge is 0.495 e. The smallest absolute Gasteiger partial charge is 0.271 e. The average molecular weight is 428 g/mol. The molecule has 0 atom stereocenters. The number of halogens is 1. The molecule has 3 aromatic rings. The molecule has 0 saturated carbocycles. The Labute approximate surface area is 174 Å². The Morgan fingerprint density at radius 1 is 0.966 bits per heavy atom. The fourth-order valence-corrected chi connectivity index (χ4v) is 4.32. The van der Waals surface area contributed by atoms with Crippen molar-refractivity contribution in [1.82, 2.24) is 0 Å². The number of carbonyl (C=O) groups is 1. The van der Waals surface area contributed by atoms with E-state index in [1.54, 1.807) is 24.3 Å². The van der Waals surface area contributed by atoms with Crippen molar-refractivity contribution >= 4 is 39.3 Å². The maximum Gasteiger partial charge on any atom is 0.271 e. The van der Waals surface area contributed by atoms with Crippen molar-refractivity contribution in [3.8, 4) is 5.75 Å². The third kappa shape index (κ3) is 4.67. The second kappa shape index (κ2) is 8.94. The molecule has 29 heavy (non-hydrogen) atoms.